The number of pyridine rings is 1. The molecule has 0 radical (unpaired) electrons. The standard InChI is InChI=1S/C24H19N3O6/c1-13(2)15-6-7-16-19(12-15)33-24(30)17-4-3-5-18(27(31)32)20(17)21(28)23(16,24)26-22(29)14-8-10-25-11-9-14/h3-13,30H,1-2H3,(H,26,29). The van der Waals surface area contributed by atoms with Gasteiger partial charge < -0.3 is 15.2 Å². The molecule has 166 valence electrons. The number of ketones is 1. The van der Waals surface area contributed by atoms with Crippen molar-refractivity contribution in [2.24, 2.45) is 0 Å². The molecule has 1 aliphatic heterocycles. The van der Waals surface area contributed by atoms with Gasteiger partial charge in [-0.2, -0.15) is 0 Å². The zero-order valence-electron chi connectivity index (χ0n) is 17.7. The number of carbonyl (C=O) groups is 2. The Labute approximate surface area is 188 Å². The fourth-order valence-electron chi connectivity index (χ4n) is 4.60. The number of rotatable bonds is 4. The molecule has 2 aromatic carbocycles. The first-order chi connectivity index (χ1) is 15.7. The Morgan fingerprint density at radius 3 is 2.55 bits per heavy atom. The SMILES string of the molecule is CC(C)c1ccc2c(c1)OC1(O)c3cccc([N+](=O)[O-])c3C(=O)C21NC(=O)c1ccncc1. The van der Waals surface area contributed by atoms with Gasteiger partial charge in [-0.25, -0.2) is 0 Å². The number of Topliss-reactive ketones (excluding diaryl/α,β-unsaturated/α-hetero) is 1. The summed E-state index contributed by atoms with van der Waals surface area (Å²) in [6.07, 6.45) is 2.84. The highest BCUT2D eigenvalue weighted by Gasteiger charge is 2.73. The molecule has 2 aliphatic rings. The fourth-order valence-corrected chi connectivity index (χ4v) is 4.60. The van der Waals surface area contributed by atoms with E-state index in [4.69, 9.17) is 4.74 Å². The third kappa shape index (κ3) is 2.66. The smallest absolute Gasteiger partial charge is 0.280 e. The monoisotopic (exact) mass is 445 g/mol. The van der Waals surface area contributed by atoms with Crippen molar-refractivity contribution in [1.29, 1.82) is 0 Å². The van der Waals surface area contributed by atoms with Gasteiger partial charge in [-0.15, -0.1) is 0 Å². The lowest BCUT2D eigenvalue weighted by Crippen LogP contribution is -2.60. The van der Waals surface area contributed by atoms with Gasteiger partial charge in [-0.05, 0) is 29.7 Å². The molecular weight excluding hydrogens is 426 g/mol. The van der Waals surface area contributed by atoms with Gasteiger partial charge >= 0.3 is 0 Å². The Morgan fingerprint density at radius 2 is 1.88 bits per heavy atom. The molecule has 5 rings (SSSR count). The maximum absolute atomic E-state index is 13.9. The van der Waals surface area contributed by atoms with Gasteiger partial charge in [0.25, 0.3) is 17.4 Å². The number of nitrogens with one attached hydrogen (secondary N) is 1. The number of carbonyl (C=O) groups excluding carboxylic acids is 2. The van der Waals surface area contributed by atoms with Crippen molar-refractivity contribution in [1.82, 2.24) is 10.3 Å². The van der Waals surface area contributed by atoms with Crippen LogP contribution in [0.2, 0.25) is 0 Å². The van der Waals surface area contributed by atoms with Crippen LogP contribution in [-0.2, 0) is 11.3 Å². The number of hydrogen-bond acceptors (Lipinski definition) is 7. The first-order valence-electron chi connectivity index (χ1n) is 10.3. The number of amides is 1. The first-order valence-corrected chi connectivity index (χ1v) is 10.3. The third-order valence-electron chi connectivity index (χ3n) is 6.26. The van der Waals surface area contributed by atoms with Crippen LogP contribution in [0.15, 0.2) is 60.9 Å². The number of nitro groups is 1. The van der Waals surface area contributed by atoms with Crippen LogP contribution in [0.1, 0.15) is 57.2 Å². The number of fused-ring (bicyclic) bond motifs is 5. The van der Waals surface area contributed by atoms with E-state index in [0.717, 1.165) is 5.56 Å². The highest BCUT2D eigenvalue weighted by Crippen LogP contribution is 2.59. The molecule has 2 unspecified atom stereocenters. The second kappa shape index (κ2) is 6.94. The van der Waals surface area contributed by atoms with Gasteiger partial charge in [0.2, 0.25) is 11.3 Å². The Bertz CT molecular complexity index is 1340. The Kier molecular flexibility index (Phi) is 4.37. The van der Waals surface area contributed by atoms with Gasteiger partial charge in [0.05, 0.1) is 4.92 Å². The highest BCUT2D eigenvalue weighted by molar-refractivity contribution is 6.15. The average molecular weight is 445 g/mol. The van der Waals surface area contributed by atoms with E-state index in [1.165, 1.54) is 42.7 Å². The van der Waals surface area contributed by atoms with Crippen LogP contribution in [-0.4, -0.2) is 26.7 Å². The molecule has 3 aromatic rings. The average Bonchev–Trinajstić information content (AvgIpc) is 3.16. The van der Waals surface area contributed by atoms with Crippen LogP contribution in [0.4, 0.5) is 5.69 Å². The summed E-state index contributed by atoms with van der Waals surface area (Å²) in [7, 11) is 0. The molecule has 1 aliphatic carbocycles. The van der Waals surface area contributed by atoms with E-state index < -0.39 is 33.6 Å². The fraction of sp³-hybridized carbons (Fsp3) is 0.208. The summed E-state index contributed by atoms with van der Waals surface area (Å²) in [6, 6.07) is 12.0. The largest absolute Gasteiger partial charge is 0.454 e. The number of nitrogens with zero attached hydrogens (tertiary/aromatic N) is 2. The van der Waals surface area contributed by atoms with Crippen molar-refractivity contribution in [3.63, 3.8) is 0 Å². The zero-order valence-corrected chi connectivity index (χ0v) is 17.7. The summed E-state index contributed by atoms with van der Waals surface area (Å²) < 4.78 is 5.97. The second-order valence-corrected chi connectivity index (χ2v) is 8.38. The van der Waals surface area contributed by atoms with Crippen molar-refractivity contribution < 1.29 is 24.4 Å². The lowest BCUT2D eigenvalue weighted by Gasteiger charge is -2.34. The predicted molar refractivity (Wildman–Crippen MR) is 116 cm³/mol. The molecule has 0 spiro atoms. The molecule has 1 aromatic heterocycles. The van der Waals surface area contributed by atoms with E-state index in [1.807, 2.05) is 13.8 Å². The zero-order chi connectivity index (χ0) is 23.5. The molecule has 2 heterocycles. The van der Waals surface area contributed by atoms with E-state index in [1.54, 1.807) is 18.2 Å². The second-order valence-electron chi connectivity index (χ2n) is 8.38. The van der Waals surface area contributed by atoms with Crippen LogP contribution >= 0.6 is 0 Å². The van der Waals surface area contributed by atoms with Crippen LogP contribution in [0.3, 0.4) is 0 Å². The predicted octanol–water partition coefficient (Wildman–Crippen LogP) is 3.17. The van der Waals surface area contributed by atoms with Crippen molar-refractivity contribution >= 4 is 17.4 Å². The topological polar surface area (TPSA) is 132 Å². The molecule has 2 N–H and O–H groups in total. The van der Waals surface area contributed by atoms with E-state index in [0.29, 0.717) is 0 Å². The Morgan fingerprint density at radius 1 is 1.15 bits per heavy atom. The number of aromatic nitrogens is 1. The number of benzene rings is 2. The number of aliphatic hydroxyl groups is 1. The molecule has 0 fully saturated rings. The van der Waals surface area contributed by atoms with Gasteiger partial charge in [-0.1, -0.05) is 38.1 Å². The molecule has 9 heteroatoms. The minimum absolute atomic E-state index is 0.0703. The van der Waals surface area contributed by atoms with E-state index in [9.17, 15) is 24.8 Å². The number of nitro benzene ring substituents is 1. The highest BCUT2D eigenvalue weighted by atomic mass is 16.6. The maximum atomic E-state index is 13.9. The van der Waals surface area contributed by atoms with Crippen LogP contribution in [0.5, 0.6) is 5.75 Å². The van der Waals surface area contributed by atoms with Gasteiger partial charge in [-0.3, -0.25) is 24.7 Å². The van der Waals surface area contributed by atoms with Gasteiger partial charge in [0.15, 0.2) is 0 Å². The van der Waals surface area contributed by atoms with Crippen LogP contribution in [0, 0.1) is 10.1 Å². The first kappa shape index (κ1) is 20.8. The van der Waals surface area contributed by atoms with E-state index >= 15 is 0 Å². The molecule has 0 saturated heterocycles. The normalized spacial score (nSPS) is 22.4. The minimum atomic E-state index is -2.37. The molecular formula is C24H19N3O6. The molecule has 0 saturated carbocycles. The van der Waals surface area contributed by atoms with E-state index in [-0.39, 0.29) is 33.9 Å². The van der Waals surface area contributed by atoms with E-state index in [2.05, 4.69) is 10.3 Å². The lowest BCUT2D eigenvalue weighted by molar-refractivity contribution is -0.385. The molecule has 0 bridgehead atoms. The Hall–Kier alpha value is -4.11. The lowest BCUT2D eigenvalue weighted by atomic mass is 9.82. The summed E-state index contributed by atoms with van der Waals surface area (Å²) in [5, 5.41) is 26.2. The quantitative estimate of drug-likeness (QED) is 0.466. The minimum Gasteiger partial charge on any atom is -0.454 e. The van der Waals surface area contributed by atoms with Crippen molar-refractivity contribution in [3.8, 4) is 5.75 Å². The Balaban J connectivity index is 1.76. The number of hydrogen-bond donors (Lipinski definition) is 2. The summed E-state index contributed by atoms with van der Waals surface area (Å²) in [5.41, 5.74) is -1.61. The van der Waals surface area contributed by atoms with Gasteiger partial charge in [0.1, 0.15) is 11.3 Å². The summed E-state index contributed by atoms with van der Waals surface area (Å²) in [5.74, 6) is -3.48. The molecule has 1 amide bonds. The molecule has 9 nitrogen and oxygen atoms in total. The van der Waals surface area contributed by atoms with Crippen LogP contribution < -0.4 is 10.1 Å². The number of ether oxygens (including phenoxy) is 1. The van der Waals surface area contributed by atoms with Crippen LogP contribution in [0.25, 0.3) is 0 Å². The molecule has 2 atom stereocenters. The summed E-state index contributed by atoms with van der Waals surface area (Å²) in [4.78, 5) is 42.0. The van der Waals surface area contributed by atoms with Crippen molar-refractivity contribution in [2.75, 3.05) is 0 Å². The maximum Gasteiger partial charge on any atom is 0.280 e. The molecule has 33 heavy (non-hydrogen) atoms. The van der Waals surface area contributed by atoms with Crippen molar-refractivity contribution in [3.05, 3.63) is 98.9 Å². The van der Waals surface area contributed by atoms with Crippen molar-refractivity contribution in [2.45, 2.75) is 31.1 Å². The summed E-state index contributed by atoms with van der Waals surface area (Å²) >= 11 is 0. The third-order valence-corrected chi connectivity index (χ3v) is 6.26. The van der Waals surface area contributed by atoms with Gasteiger partial charge in [0, 0.05) is 35.2 Å². The summed E-state index contributed by atoms with van der Waals surface area (Å²) in [6.45, 7) is 3.97.